The Kier molecular flexibility index (Phi) is 4.51. The van der Waals surface area contributed by atoms with Gasteiger partial charge < -0.3 is 10.0 Å². The van der Waals surface area contributed by atoms with E-state index in [1.807, 2.05) is 18.4 Å². The highest BCUT2D eigenvalue weighted by Crippen LogP contribution is 2.23. The van der Waals surface area contributed by atoms with E-state index in [0.717, 1.165) is 10.4 Å². The van der Waals surface area contributed by atoms with Gasteiger partial charge in [0.05, 0.1) is 12.0 Å². The van der Waals surface area contributed by atoms with Crippen LogP contribution in [0.15, 0.2) is 11.4 Å². The summed E-state index contributed by atoms with van der Waals surface area (Å²) in [6, 6.07) is 2.01. The van der Waals surface area contributed by atoms with Gasteiger partial charge in [-0.05, 0) is 37.8 Å². The van der Waals surface area contributed by atoms with Crippen molar-refractivity contribution in [1.29, 1.82) is 0 Å². The van der Waals surface area contributed by atoms with Crippen LogP contribution in [0.25, 0.3) is 0 Å². The number of amides is 1. The maximum atomic E-state index is 12.0. The van der Waals surface area contributed by atoms with Crippen molar-refractivity contribution in [2.75, 3.05) is 7.05 Å². The Labute approximate surface area is 111 Å². The summed E-state index contributed by atoms with van der Waals surface area (Å²) in [6.45, 7) is 5.68. The summed E-state index contributed by atoms with van der Waals surface area (Å²) in [5.74, 6) is -1.09. The van der Waals surface area contributed by atoms with E-state index in [9.17, 15) is 9.59 Å². The van der Waals surface area contributed by atoms with Gasteiger partial charge in [0.25, 0.3) is 0 Å². The maximum Gasteiger partial charge on any atom is 0.309 e. The Bertz CT molecular complexity index is 451. The summed E-state index contributed by atoms with van der Waals surface area (Å²) in [7, 11) is 1.71. The first-order valence-corrected chi connectivity index (χ1v) is 6.62. The molecule has 0 atom stereocenters. The van der Waals surface area contributed by atoms with Crippen LogP contribution < -0.4 is 0 Å². The van der Waals surface area contributed by atoms with Crippen molar-refractivity contribution < 1.29 is 14.7 Å². The molecule has 18 heavy (non-hydrogen) atoms. The lowest BCUT2D eigenvalue weighted by atomic mass is 9.89. The van der Waals surface area contributed by atoms with Gasteiger partial charge in [0.15, 0.2) is 0 Å². The van der Waals surface area contributed by atoms with E-state index in [-0.39, 0.29) is 12.3 Å². The summed E-state index contributed by atoms with van der Waals surface area (Å²) < 4.78 is 0. The molecule has 1 rings (SSSR count). The Hall–Kier alpha value is -1.36. The quantitative estimate of drug-likeness (QED) is 0.893. The minimum Gasteiger partial charge on any atom is -0.481 e. The summed E-state index contributed by atoms with van der Waals surface area (Å²) in [6.07, 6.45) is 0.0171. The number of carboxylic acids is 1. The molecule has 0 aliphatic heterocycles. The van der Waals surface area contributed by atoms with Gasteiger partial charge in [-0.2, -0.15) is 0 Å². The van der Waals surface area contributed by atoms with Gasteiger partial charge in [-0.1, -0.05) is 0 Å². The molecule has 0 saturated heterocycles. The standard InChI is InChI=1S/C13H19NO3S/c1-9-5-6-18-10(9)8-14(4)11(15)7-13(2,3)12(16)17/h5-6H,7-8H2,1-4H3,(H,16,17). The predicted octanol–water partition coefficient (Wildman–Crippen LogP) is 2.52. The van der Waals surface area contributed by atoms with Crippen LogP contribution in [0.2, 0.25) is 0 Å². The molecular formula is C13H19NO3S. The second-order valence-corrected chi connectivity index (χ2v) is 6.14. The third kappa shape index (κ3) is 3.57. The highest BCUT2D eigenvalue weighted by atomic mass is 32.1. The normalized spacial score (nSPS) is 11.3. The van der Waals surface area contributed by atoms with Gasteiger partial charge in [0, 0.05) is 18.3 Å². The molecule has 0 aromatic carbocycles. The largest absolute Gasteiger partial charge is 0.481 e. The Morgan fingerprint density at radius 3 is 2.50 bits per heavy atom. The van der Waals surface area contributed by atoms with Crippen molar-refractivity contribution in [3.05, 3.63) is 21.9 Å². The monoisotopic (exact) mass is 269 g/mol. The molecule has 0 spiro atoms. The lowest BCUT2D eigenvalue weighted by Crippen LogP contribution is -2.34. The summed E-state index contributed by atoms with van der Waals surface area (Å²) >= 11 is 1.61. The van der Waals surface area contributed by atoms with E-state index >= 15 is 0 Å². The maximum absolute atomic E-state index is 12.0. The van der Waals surface area contributed by atoms with Crippen molar-refractivity contribution in [2.24, 2.45) is 5.41 Å². The van der Waals surface area contributed by atoms with Gasteiger partial charge in [-0.25, -0.2) is 0 Å². The molecule has 0 radical (unpaired) electrons. The first kappa shape index (κ1) is 14.7. The topological polar surface area (TPSA) is 57.6 Å². The molecule has 0 bridgehead atoms. The fraction of sp³-hybridized carbons (Fsp3) is 0.538. The first-order valence-electron chi connectivity index (χ1n) is 5.74. The van der Waals surface area contributed by atoms with E-state index in [1.165, 1.54) is 0 Å². The van der Waals surface area contributed by atoms with Crippen LogP contribution in [0.3, 0.4) is 0 Å². The first-order chi connectivity index (χ1) is 8.24. The molecule has 1 aromatic rings. The highest BCUT2D eigenvalue weighted by molar-refractivity contribution is 7.10. The molecule has 0 aliphatic carbocycles. The molecular weight excluding hydrogens is 250 g/mol. The van der Waals surface area contributed by atoms with Crippen LogP contribution in [0.5, 0.6) is 0 Å². The second kappa shape index (κ2) is 5.52. The molecule has 100 valence electrons. The average Bonchev–Trinajstić information content (AvgIpc) is 2.63. The number of carbonyl (C=O) groups is 2. The molecule has 0 fully saturated rings. The Morgan fingerprint density at radius 1 is 1.44 bits per heavy atom. The second-order valence-electron chi connectivity index (χ2n) is 5.14. The SMILES string of the molecule is Cc1ccsc1CN(C)C(=O)CC(C)(C)C(=O)O. The molecule has 1 aromatic heterocycles. The average molecular weight is 269 g/mol. The molecule has 1 heterocycles. The third-order valence-corrected chi connectivity index (χ3v) is 3.95. The van der Waals surface area contributed by atoms with Crippen LogP contribution in [-0.4, -0.2) is 28.9 Å². The number of thiophene rings is 1. The smallest absolute Gasteiger partial charge is 0.309 e. The predicted molar refractivity (Wildman–Crippen MR) is 71.6 cm³/mol. The number of nitrogens with zero attached hydrogens (tertiary/aromatic N) is 1. The van der Waals surface area contributed by atoms with E-state index < -0.39 is 11.4 Å². The fourth-order valence-corrected chi connectivity index (χ4v) is 2.42. The van der Waals surface area contributed by atoms with Crippen LogP contribution in [0, 0.1) is 12.3 Å². The Morgan fingerprint density at radius 2 is 2.06 bits per heavy atom. The Balaban J connectivity index is 2.63. The van der Waals surface area contributed by atoms with E-state index in [1.54, 1.807) is 37.1 Å². The summed E-state index contributed by atoms with van der Waals surface area (Å²) in [5.41, 5.74) is 0.146. The van der Waals surface area contributed by atoms with Crippen LogP contribution in [0.1, 0.15) is 30.7 Å². The number of aliphatic carboxylic acids is 1. The molecule has 0 saturated carbocycles. The number of aryl methyl sites for hydroxylation is 1. The lowest BCUT2D eigenvalue weighted by Gasteiger charge is -2.23. The molecule has 0 aliphatic rings. The number of hydrogen-bond donors (Lipinski definition) is 1. The number of rotatable bonds is 5. The molecule has 4 nitrogen and oxygen atoms in total. The van der Waals surface area contributed by atoms with Crippen LogP contribution >= 0.6 is 11.3 Å². The zero-order chi connectivity index (χ0) is 13.9. The lowest BCUT2D eigenvalue weighted by molar-refractivity contribution is -0.151. The van der Waals surface area contributed by atoms with Crippen molar-refractivity contribution >= 4 is 23.2 Å². The summed E-state index contributed by atoms with van der Waals surface area (Å²) in [4.78, 5) is 25.7. The summed E-state index contributed by atoms with van der Waals surface area (Å²) in [5, 5.41) is 11.0. The fourth-order valence-electron chi connectivity index (χ4n) is 1.46. The van der Waals surface area contributed by atoms with Crippen molar-refractivity contribution in [3.63, 3.8) is 0 Å². The number of carbonyl (C=O) groups excluding carboxylic acids is 1. The molecule has 1 amide bonds. The van der Waals surface area contributed by atoms with Crippen molar-refractivity contribution in [2.45, 2.75) is 33.7 Å². The van der Waals surface area contributed by atoms with Crippen LogP contribution in [0.4, 0.5) is 0 Å². The van der Waals surface area contributed by atoms with Crippen LogP contribution in [-0.2, 0) is 16.1 Å². The van der Waals surface area contributed by atoms with Gasteiger partial charge in [0.2, 0.25) is 5.91 Å². The molecule has 1 N–H and O–H groups in total. The number of carboxylic acid groups (broad SMARTS) is 1. The van der Waals surface area contributed by atoms with Gasteiger partial charge in [0.1, 0.15) is 0 Å². The van der Waals surface area contributed by atoms with E-state index in [0.29, 0.717) is 6.54 Å². The third-order valence-electron chi connectivity index (χ3n) is 2.95. The zero-order valence-electron chi connectivity index (χ0n) is 11.2. The van der Waals surface area contributed by atoms with Gasteiger partial charge in [-0.15, -0.1) is 11.3 Å². The van der Waals surface area contributed by atoms with Gasteiger partial charge >= 0.3 is 5.97 Å². The van der Waals surface area contributed by atoms with Crippen molar-refractivity contribution in [1.82, 2.24) is 4.90 Å². The minimum absolute atomic E-state index is 0.0171. The zero-order valence-corrected chi connectivity index (χ0v) is 12.0. The van der Waals surface area contributed by atoms with E-state index in [2.05, 4.69) is 0 Å². The minimum atomic E-state index is -1.02. The van der Waals surface area contributed by atoms with Gasteiger partial charge in [-0.3, -0.25) is 9.59 Å². The molecule has 0 unspecified atom stereocenters. The van der Waals surface area contributed by atoms with Crippen molar-refractivity contribution in [3.8, 4) is 0 Å². The highest BCUT2D eigenvalue weighted by Gasteiger charge is 2.31. The van der Waals surface area contributed by atoms with E-state index in [4.69, 9.17) is 5.11 Å². The molecule has 5 heteroatoms. The number of hydrogen-bond acceptors (Lipinski definition) is 3.